The molecule has 0 aromatic carbocycles. The van der Waals surface area contributed by atoms with Gasteiger partial charge in [-0.15, -0.1) is 0 Å². The van der Waals surface area contributed by atoms with Gasteiger partial charge < -0.3 is 10.5 Å². The minimum Gasteiger partial charge on any atom is -0.465 e. The van der Waals surface area contributed by atoms with Crippen molar-refractivity contribution in [1.29, 1.82) is 0 Å². The minimum atomic E-state index is -0.0355. The zero-order chi connectivity index (χ0) is 11.3. The molecule has 2 N–H and O–H groups in total. The van der Waals surface area contributed by atoms with Gasteiger partial charge in [-0.25, -0.2) is 0 Å². The Morgan fingerprint density at radius 2 is 2.20 bits per heavy atom. The number of rotatable bonds is 5. The maximum Gasteiger partial charge on any atom is 0.308 e. The first kappa shape index (κ1) is 12.5. The van der Waals surface area contributed by atoms with Gasteiger partial charge in [0.2, 0.25) is 0 Å². The van der Waals surface area contributed by atoms with Gasteiger partial charge in [0.05, 0.1) is 12.5 Å². The first-order valence-corrected chi connectivity index (χ1v) is 6.01. The van der Waals surface area contributed by atoms with Crippen LogP contribution in [0.3, 0.4) is 0 Å². The molecule has 3 heteroatoms. The summed E-state index contributed by atoms with van der Waals surface area (Å²) < 4.78 is 5.23. The van der Waals surface area contributed by atoms with Gasteiger partial charge in [0.15, 0.2) is 0 Å². The molecular weight excluding hydrogens is 190 g/mol. The molecule has 15 heavy (non-hydrogen) atoms. The fraction of sp³-hybridized carbons (Fsp3) is 0.917. The van der Waals surface area contributed by atoms with Gasteiger partial charge in [-0.3, -0.25) is 4.79 Å². The molecule has 0 aromatic rings. The Bertz CT molecular complexity index is 204. The second-order valence-electron chi connectivity index (χ2n) is 4.97. The van der Waals surface area contributed by atoms with Crippen LogP contribution in [0.4, 0.5) is 0 Å². The third-order valence-corrected chi connectivity index (χ3v) is 2.98. The largest absolute Gasteiger partial charge is 0.465 e. The summed E-state index contributed by atoms with van der Waals surface area (Å²) in [6, 6.07) is 0.207. The number of hydrogen-bond donors (Lipinski definition) is 1. The first-order chi connectivity index (χ1) is 7.09. The Morgan fingerprint density at radius 3 is 2.73 bits per heavy atom. The molecule has 1 fully saturated rings. The number of esters is 1. The molecule has 1 saturated carbocycles. The number of carbonyl (C=O) groups excluding carboxylic acids is 1. The minimum absolute atomic E-state index is 0.0355. The summed E-state index contributed by atoms with van der Waals surface area (Å²) in [7, 11) is 0. The van der Waals surface area contributed by atoms with Gasteiger partial charge in [-0.2, -0.15) is 0 Å². The van der Waals surface area contributed by atoms with Crippen LogP contribution in [0.2, 0.25) is 0 Å². The second-order valence-corrected chi connectivity index (χ2v) is 4.97. The normalized spacial score (nSPS) is 25.9. The highest BCUT2D eigenvalue weighted by atomic mass is 16.5. The van der Waals surface area contributed by atoms with E-state index in [1.807, 2.05) is 0 Å². The highest BCUT2D eigenvalue weighted by Gasteiger charge is 2.28. The van der Waals surface area contributed by atoms with E-state index >= 15 is 0 Å². The molecule has 2 atom stereocenters. The summed E-state index contributed by atoms with van der Waals surface area (Å²) in [6.07, 6.45) is 4.78. The van der Waals surface area contributed by atoms with Gasteiger partial charge in [-0.05, 0) is 38.0 Å². The van der Waals surface area contributed by atoms with Crippen LogP contribution < -0.4 is 5.73 Å². The lowest BCUT2D eigenvalue weighted by Crippen LogP contribution is -2.20. The average Bonchev–Trinajstić information content (AvgIpc) is 2.59. The molecule has 0 spiro atoms. The zero-order valence-electron chi connectivity index (χ0n) is 9.87. The van der Waals surface area contributed by atoms with E-state index in [2.05, 4.69) is 13.8 Å². The summed E-state index contributed by atoms with van der Waals surface area (Å²) >= 11 is 0. The summed E-state index contributed by atoms with van der Waals surface area (Å²) in [5.74, 6) is 0.717. The molecule has 0 saturated heterocycles. The van der Waals surface area contributed by atoms with Crippen LogP contribution >= 0.6 is 0 Å². The van der Waals surface area contributed by atoms with Crippen LogP contribution in [0, 0.1) is 11.8 Å². The summed E-state index contributed by atoms with van der Waals surface area (Å²) in [5.41, 5.74) is 5.75. The molecule has 1 aliphatic rings. The van der Waals surface area contributed by atoms with Crippen LogP contribution in [0.25, 0.3) is 0 Å². The average molecular weight is 213 g/mol. The van der Waals surface area contributed by atoms with Crippen molar-refractivity contribution in [2.24, 2.45) is 17.6 Å². The fourth-order valence-electron chi connectivity index (χ4n) is 2.01. The zero-order valence-corrected chi connectivity index (χ0v) is 9.87. The van der Waals surface area contributed by atoms with Crippen molar-refractivity contribution in [2.45, 2.75) is 52.0 Å². The number of ether oxygens (including phenoxy) is 1. The van der Waals surface area contributed by atoms with Gasteiger partial charge in [0, 0.05) is 6.04 Å². The summed E-state index contributed by atoms with van der Waals surface area (Å²) in [5, 5.41) is 0. The van der Waals surface area contributed by atoms with E-state index in [0.29, 0.717) is 12.5 Å². The molecule has 0 bridgehead atoms. The lowest BCUT2D eigenvalue weighted by atomic mass is 10.1. The second kappa shape index (κ2) is 6.11. The Hall–Kier alpha value is -0.570. The Balaban J connectivity index is 2.08. The predicted molar refractivity (Wildman–Crippen MR) is 60.3 cm³/mol. The molecule has 0 unspecified atom stereocenters. The number of carbonyl (C=O) groups is 1. The Labute approximate surface area is 92.4 Å². The summed E-state index contributed by atoms with van der Waals surface area (Å²) in [4.78, 5) is 11.6. The van der Waals surface area contributed by atoms with E-state index in [-0.39, 0.29) is 17.9 Å². The monoisotopic (exact) mass is 213 g/mol. The third kappa shape index (κ3) is 4.65. The van der Waals surface area contributed by atoms with Crippen molar-refractivity contribution < 1.29 is 9.53 Å². The van der Waals surface area contributed by atoms with Gasteiger partial charge in [0.25, 0.3) is 0 Å². The SMILES string of the molecule is CC(C)CCCOC(=O)[C@@H]1CC[C@H](N)C1. The number of nitrogens with two attached hydrogens (primary N) is 1. The molecule has 1 rings (SSSR count). The highest BCUT2D eigenvalue weighted by Crippen LogP contribution is 2.25. The smallest absolute Gasteiger partial charge is 0.308 e. The third-order valence-electron chi connectivity index (χ3n) is 2.98. The van der Waals surface area contributed by atoms with E-state index in [4.69, 9.17) is 10.5 Å². The van der Waals surface area contributed by atoms with Crippen molar-refractivity contribution in [3.8, 4) is 0 Å². The summed E-state index contributed by atoms with van der Waals surface area (Å²) in [6.45, 7) is 4.93. The topological polar surface area (TPSA) is 52.3 Å². The lowest BCUT2D eigenvalue weighted by molar-refractivity contribution is -0.148. The van der Waals surface area contributed by atoms with Crippen molar-refractivity contribution in [2.75, 3.05) is 6.61 Å². The van der Waals surface area contributed by atoms with Gasteiger partial charge in [0.1, 0.15) is 0 Å². The Kier molecular flexibility index (Phi) is 5.09. The molecule has 88 valence electrons. The van der Waals surface area contributed by atoms with Crippen LogP contribution in [0.15, 0.2) is 0 Å². The molecule has 0 aliphatic heterocycles. The van der Waals surface area contributed by atoms with Crippen LogP contribution in [0.5, 0.6) is 0 Å². The van der Waals surface area contributed by atoms with Crippen molar-refractivity contribution in [1.82, 2.24) is 0 Å². The van der Waals surface area contributed by atoms with Crippen molar-refractivity contribution >= 4 is 5.97 Å². The molecular formula is C12H23NO2. The van der Waals surface area contributed by atoms with Gasteiger partial charge in [-0.1, -0.05) is 13.8 Å². The molecule has 1 aliphatic carbocycles. The molecule has 0 heterocycles. The first-order valence-electron chi connectivity index (χ1n) is 6.01. The van der Waals surface area contributed by atoms with Crippen molar-refractivity contribution in [3.05, 3.63) is 0 Å². The van der Waals surface area contributed by atoms with Gasteiger partial charge >= 0.3 is 5.97 Å². The van der Waals surface area contributed by atoms with E-state index in [0.717, 1.165) is 32.1 Å². The van der Waals surface area contributed by atoms with E-state index < -0.39 is 0 Å². The standard InChI is InChI=1S/C12H23NO2/c1-9(2)4-3-7-15-12(14)10-5-6-11(13)8-10/h9-11H,3-8,13H2,1-2H3/t10-,11+/m1/s1. The van der Waals surface area contributed by atoms with Crippen molar-refractivity contribution in [3.63, 3.8) is 0 Å². The maximum atomic E-state index is 11.6. The van der Waals surface area contributed by atoms with Crippen LogP contribution in [0.1, 0.15) is 46.0 Å². The van der Waals surface area contributed by atoms with E-state index in [1.165, 1.54) is 0 Å². The predicted octanol–water partition coefficient (Wildman–Crippen LogP) is 2.09. The highest BCUT2D eigenvalue weighted by molar-refractivity contribution is 5.72. The number of hydrogen-bond acceptors (Lipinski definition) is 3. The molecule has 0 amide bonds. The fourth-order valence-corrected chi connectivity index (χ4v) is 2.01. The Morgan fingerprint density at radius 1 is 1.47 bits per heavy atom. The maximum absolute atomic E-state index is 11.6. The molecule has 0 radical (unpaired) electrons. The van der Waals surface area contributed by atoms with E-state index in [9.17, 15) is 4.79 Å². The van der Waals surface area contributed by atoms with E-state index in [1.54, 1.807) is 0 Å². The lowest BCUT2D eigenvalue weighted by Gasteiger charge is -2.10. The van der Waals surface area contributed by atoms with Crippen LogP contribution in [-0.2, 0) is 9.53 Å². The molecule has 3 nitrogen and oxygen atoms in total. The molecule has 0 aromatic heterocycles. The van der Waals surface area contributed by atoms with Crippen LogP contribution in [-0.4, -0.2) is 18.6 Å². The quantitative estimate of drug-likeness (QED) is 0.562.